The van der Waals surface area contributed by atoms with E-state index < -0.39 is 5.97 Å². The van der Waals surface area contributed by atoms with Gasteiger partial charge in [-0.15, -0.1) is 0 Å². The summed E-state index contributed by atoms with van der Waals surface area (Å²) in [5.41, 5.74) is 0.952. The number of nitrogens with zero attached hydrogens (tertiary/aromatic N) is 4. The summed E-state index contributed by atoms with van der Waals surface area (Å²) in [6.45, 7) is 0. The van der Waals surface area contributed by atoms with Crippen LogP contribution in [0.2, 0.25) is 0 Å². The molecule has 0 saturated heterocycles. The average molecular weight is 218 g/mol. The zero-order valence-corrected chi connectivity index (χ0v) is 8.50. The van der Waals surface area contributed by atoms with E-state index in [1.54, 1.807) is 6.07 Å². The SMILES string of the molecule is O=C(O)c1cc(C2CCC2)nc2ncnn12. The third-order valence-corrected chi connectivity index (χ3v) is 3.01. The molecular weight excluding hydrogens is 208 g/mol. The molecular formula is C10H10N4O2. The summed E-state index contributed by atoms with van der Waals surface area (Å²) in [6.07, 6.45) is 4.67. The van der Waals surface area contributed by atoms with Gasteiger partial charge in [-0.05, 0) is 18.9 Å². The molecule has 2 heterocycles. The van der Waals surface area contributed by atoms with Gasteiger partial charge in [-0.2, -0.15) is 14.6 Å². The topological polar surface area (TPSA) is 80.4 Å². The van der Waals surface area contributed by atoms with Crippen molar-refractivity contribution in [3.05, 3.63) is 23.8 Å². The summed E-state index contributed by atoms with van der Waals surface area (Å²) < 4.78 is 1.25. The molecule has 16 heavy (non-hydrogen) atoms. The van der Waals surface area contributed by atoms with Gasteiger partial charge < -0.3 is 5.11 Å². The Balaban J connectivity index is 2.20. The highest BCUT2D eigenvalue weighted by Crippen LogP contribution is 2.35. The molecule has 0 spiro atoms. The van der Waals surface area contributed by atoms with Crippen LogP contribution in [-0.4, -0.2) is 30.7 Å². The Morgan fingerprint density at radius 2 is 2.31 bits per heavy atom. The number of carboxylic acids is 1. The number of aromatic nitrogens is 4. The quantitative estimate of drug-likeness (QED) is 0.816. The van der Waals surface area contributed by atoms with Crippen LogP contribution in [0.5, 0.6) is 0 Å². The lowest BCUT2D eigenvalue weighted by molar-refractivity contribution is 0.0687. The van der Waals surface area contributed by atoms with Gasteiger partial charge in [0.2, 0.25) is 0 Å². The fourth-order valence-corrected chi connectivity index (χ4v) is 1.90. The predicted molar refractivity (Wildman–Crippen MR) is 54.3 cm³/mol. The molecule has 2 aromatic rings. The van der Waals surface area contributed by atoms with E-state index >= 15 is 0 Å². The van der Waals surface area contributed by atoms with E-state index in [0.29, 0.717) is 11.7 Å². The third-order valence-electron chi connectivity index (χ3n) is 3.01. The van der Waals surface area contributed by atoms with Crippen LogP contribution in [0.4, 0.5) is 0 Å². The van der Waals surface area contributed by atoms with Gasteiger partial charge in [-0.3, -0.25) is 0 Å². The first-order chi connectivity index (χ1) is 7.75. The minimum atomic E-state index is -1.00. The number of fused-ring (bicyclic) bond motifs is 1. The van der Waals surface area contributed by atoms with Gasteiger partial charge in [0, 0.05) is 11.6 Å². The Bertz CT molecular complexity index is 559. The first-order valence-corrected chi connectivity index (χ1v) is 5.19. The lowest BCUT2D eigenvalue weighted by Gasteiger charge is -2.24. The van der Waals surface area contributed by atoms with Crippen LogP contribution < -0.4 is 0 Å². The fourth-order valence-electron chi connectivity index (χ4n) is 1.90. The summed E-state index contributed by atoms with van der Waals surface area (Å²) in [4.78, 5) is 19.3. The molecule has 6 heteroatoms. The number of hydrogen-bond donors (Lipinski definition) is 1. The summed E-state index contributed by atoms with van der Waals surface area (Å²) in [7, 11) is 0. The Hall–Kier alpha value is -1.98. The molecule has 0 amide bonds. The Kier molecular flexibility index (Phi) is 1.89. The van der Waals surface area contributed by atoms with Crippen molar-refractivity contribution in [3.8, 4) is 0 Å². The minimum Gasteiger partial charge on any atom is -0.477 e. The molecule has 0 atom stereocenters. The zero-order chi connectivity index (χ0) is 11.1. The van der Waals surface area contributed by atoms with E-state index in [-0.39, 0.29) is 5.69 Å². The monoisotopic (exact) mass is 218 g/mol. The lowest BCUT2D eigenvalue weighted by Crippen LogP contribution is -2.15. The van der Waals surface area contributed by atoms with E-state index in [9.17, 15) is 4.79 Å². The van der Waals surface area contributed by atoms with Crippen molar-refractivity contribution >= 4 is 11.7 Å². The molecule has 1 aliphatic carbocycles. The Morgan fingerprint density at radius 1 is 1.50 bits per heavy atom. The van der Waals surface area contributed by atoms with Crippen LogP contribution in [0.1, 0.15) is 41.4 Å². The largest absolute Gasteiger partial charge is 0.477 e. The highest BCUT2D eigenvalue weighted by Gasteiger charge is 2.24. The maximum atomic E-state index is 11.1. The second-order valence-electron chi connectivity index (χ2n) is 3.97. The van der Waals surface area contributed by atoms with Crippen LogP contribution in [0.3, 0.4) is 0 Å². The van der Waals surface area contributed by atoms with Crippen molar-refractivity contribution in [3.63, 3.8) is 0 Å². The van der Waals surface area contributed by atoms with Gasteiger partial charge in [-0.1, -0.05) is 6.42 Å². The van der Waals surface area contributed by atoms with Crippen LogP contribution in [0.15, 0.2) is 12.4 Å². The maximum absolute atomic E-state index is 11.1. The second kappa shape index (κ2) is 3.26. The Labute approximate surface area is 91.0 Å². The lowest BCUT2D eigenvalue weighted by atomic mass is 9.82. The molecule has 0 aromatic carbocycles. The molecule has 0 aliphatic heterocycles. The van der Waals surface area contributed by atoms with E-state index in [1.165, 1.54) is 17.3 Å². The zero-order valence-electron chi connectivity index (χ0n) is 8.50. The van der Waals surface area contributed by atoms with E-state index in [0.717, 1.165) is 18.5 Å². The molecule has 1 N–H and O–H groups in total. The molecule has 3 rings (SSSR count). The average Bonchev–Trinajstić information content (AvgIpc) is 2.61. The molecule has 2 aromatic heterocycles. The molecule has 82 valence electrons. The van der Waals surface area contributed by atoms with Crippen molar-refractivity contribution in [2.24, 2.45) is 0 Å². The van der Waals surface area contributed by atoms with E-state index in [2.05, 4.69) is 15.1 Å². The highest BCUT2D eigenvalue weighted by molar-refractivity contribution is 5.86. The summed E-state index contributed by atoms with van der Waals surface area (Å²) >= 11 is 0. The summed E-state index contributed by atoms with van der Waals surface area (Å²) in [5.74, 6) is -0.250. The van der Waals surface area contributed by atoms with E-state index in [4.69, 9.17) is 5.11 Å². The van der Waals surface area contributed by atoms with Crippen molar-refractivity contribution in [1.29, 1.82) is 0 Å². The molecule has 6 nitrogen and oxygen atoms in total. The first kappa shape index (κ1) is 9.26. The molecule has 0 radical (unpaired) electrons. The van der Waals surface area contributed by atoms with Gasteiger partial charge in [0.1, 0.15) is 6.33 Å². The normalized spacial score (nSPS) is 16.2. The predicted octanol–water partition coefficient (Wildman–Crippen LogP) is 1.09. The molecule has 0 unspecified atom stereocenters. The van der Waals surface area contributed by atoms with Crippen LogP contribution in [-0.2, 0) is 0 Å². The summed E-state index contributed by atoms with van der Waals surface area (Å²) in [6, 6.07) is 1.60. The van der Waals surface area contributed by atoms with Gasteiger partial charge in [0.15, 0.2) is 5.69 Å². The highest BCUT2D eigenvalue weighted by atomic mass is 16.4. The maximum Gasteiger partial charge on any atom is 0.354 e. The molecule has 1 saturated carbocycles. The van der Waals surface area contributed by atoms with Gasteiger partial charge in [0.05, 0.1) is 0 Å². The molecule has 1 fully saturated rings. The van der Waals surface area contributed by atoms with Gasteiger partial charge >= 0.3 is 5.97 Å². The number of carbonyl (C=O) groups is 1. The minimum absolute atomic E-state index is 0.129. The second-order valence-corrected chi connectivity index (χ2v) is 3.97. The fraction of sp³-hybridized carbons (Fsp3) is 0.400. The third kappa shape index (κ3) is 1.26. The number of hydrogen-bond acceptors (Lipinski definition) is 4. The molecule has 1 aliphatic rings. The smallest absolute Gasteiger partial charge is 0.354 e. The first-order valence-electron chi connectivity index (χ1n) is 5.19. The van der Waals surface area contributed by atoms with Crippen LogP contribution in [0.25, 0.3) is 5.78 Å². The van der Waals surface area contributed by atoms with Crippen LogP contribution >= 0.6 is 0 Å². The standard InChI is InChI=1S/C10H10N4O2/c15-9(16)8-4-7(6-2-1-3-6)13-10-11-5-12-14(8)10/h4-6H,1-3H2,(H,15,16). The summed E-state index contributed by atoms with van der Waals surface area (Å²) in [5, 5.41) is 12.9. The number of carboxylic acid groups (broad SMARTS) is 1. The van der Waals surface area contributed by atoms with Crippen molar-refractivity contribution in [2.75, 3.05) is 0 Å². The van der Waals surface area contributed by atoms with Crippen molar-refractivity contribution in [1.82, 2.24) is 19.6 Å². The van der Waals surface area contributed by atoms with E-state index in [1.807, 2.05) is 0 Å². The van der Waals surface area contributed by atoms with Crippen molar-refractivity contribution in [2.45, 2.75) is 25.2 Å². The van der Waals surface area contributed by atoms with Gasteiger partial charge in [0.25, 0.3) is 5.78 Å². The molecule has 0 bridgehead atoms. The number of aromatic carboxylic acids is 1. The van der Waals surface area contributed by atoms with Crippen LogP contribution in [0, 0.1) is 0 Å². The van der Waals surface area contributed by atoms with Gasteiger partial charge in [-0.25, -0.2) is 9.78 Å². The Morgan fingerprint density at radius 3 is 2.94 bits per heavy atom. The number of rotatable bonds is 2. The van der Waals surface area contributed by atoms with Crippen molar-refractivity contribution < 1.29 is 9.90 Å².